The van der Waals surface area contributed by atoms with E-state index in [-0.39, 0.29) is 12.1 Å². The van der Waals surface area contributed by atoms with Crippen molar-refractivity contribution in [2.24, 2.45) is 11.7 Å². The van der Waals surface area contributed by atoms with Crippen LogP contribution in [0.1, 0.15) is 33.1 Å². The zero-order valence-corrected chi connectivity index (χ0v) is 9.81. The molecule has 0 bridgehead atoms. The van der Waals surface area contributed by atoms with Crippen molar-refractivity contribution in [3.8, 4) is 0 Å². The molecule has 3 heteroatoms. The molecule has 0 aliphatic heterocycles. The van der Waals surface area contributed by atoms with Gasteiger partial charge in [0, 0.05) is 6.04 Å². The van der Waals surface area contributed by atoms with Crippen LogP contribution in [0.25, 0.3) is 0 Å². The molecule has 0 saturated carbocycles. The molecule has 0 fully saturated rings. The van der Waals surface area contributed by atoms with Gasteiger partial charge in [0.25, 0.3) is 0 Å². The molecule has 0 rings (SSSR count). The average molecular weight is 205 g/mol. The van der Waals surface area contributed by atoms with E-state index < -0.39 is 0 Å². The number of hydrogen-bond donors (Lipinski definition) is 2. The first-order chi connectivity index (χ1) is 6.07. The number of hydrogen-bond acceptors (Lipinski definition) is 3. The van der Waals surface area contributed by atoms with Crippen LogP contribution < -0.4 is 5.73 Å². The fourth-order valence-electron chi connectivity index (χ4n) is 1.35. The second-order valence-electron chi connectivity index (χ2n) is 4.00. The van der Waals surface area contributed by atoms with Gasteiger partial charge in [-0.1, -0.05) is 13.8 Å². The minimum Gasteiger partial charge on any atom is -0.392 e. The van der Waals surface area contributed by atoms with E-state index >= 15 is 0 Å². The molecule has 2 unspecified atom stereocenters. The number of aliphatic hydroxyl groups excluding tert-OH is 1. The highest BCUT2D eigenvalue weighted by atomic mass is 32.2. The number of aliphatic hydroxyl groups is 1. The largest absolute Gasteiger partial charge is 0.392 e. The molecule has 3 N–H and O–H groups in total. The predicted molar refractivity (Wildman–Crippen MR) is 61.1 cm³/mol. The van der Waals surface area contributed by atoms with E-state index in [0.717, 1.165) is 25.0 Å². The van der Waals surface area contributed by atoms with Gasteiger partial charge in [-0.25, -0.2) is 0 Å². The zero-order chi connectivity index (χ0) is 10.3. The third-order valence-corrected chi connectivity index (χ3v) is 2.78. The summed E-state index contributed by atoms with van der Waals surface area (Å²) < 4.78 is 0. The summed E-state index contributed by atoms with van der Waals surface area (Å²) in [6, 6.07) is -0.0399. The van der Waals surface area contributed by atoms with Crippen molar-refractivity contribution in [3.63, 3.8) is 0 Å². The zero-order valence-electron chi connectivity index (χ0n) is 8.99. The maximum absolute atomic E-state index is 9.66. The van der Waals surface area contributed by atoms with Crippen LogP contribution in [0.5, 0.6) is 0 Å². The molecule has 0 aliphatic carbocycles. The Morgan fingerprint density at radius 2 is 2.00 bits per heavy atom. The molecular formula is C10H23NOS. The van der Waals surface area contributed by atoms with E-state index in [0.29, 0.717) is 5.92 Å². The van der Waals surface area contributed by atoms with E-state index in [1.54, 1.807) is 0 Å². The fraction of sp³-hybridized carbons (Fsp3) is 1.00. The fourth-order valence-corrected chi connectivity index (χ4v) is 1.81. The van der Waals surface area contributed by atoms with Crippen LogP contribution >= 0.6 is 11.8 Å². The number of rotatable bonds is 7. The highest BCUT2D eigenvalue weighted by molar-refractivity contribution is 7.98. The van der Waals surface area contributed by atoms with Gasteiger partial charge in [-0.05, 0) is 37.2 Å². The summed E-state index contributed by atoms with van der Waals surface area (Å²) in [6.07, 6.45) is 4.60. The van der Waals surface area contributed by atoms with Gasteiger partial charge in [-0.2, -0.15) is 11.8 Å². The Labute approximate surface area is 86.3 Å². The lowest BCUT2D eigenvalue weighted by Crippen LogP contribution is -2.35. The molecular weight excluding hydrogens is 182 g/mol. The van der Waals surface area contributed by atoms with Crippen molar-refractivity contribution in [2.75, 3.05) is 12.0 Å². The molecule has 0 aromatic rings. The van der Waals surface area contributed by atoms with Gasteiger partial charge < -0.3 is 10.8 Å². The maximum Gasteiger partial charge on any atom is 0.0691 e. The summed E-state index contributed by atoms with van der Waals surface area (Å²) >= 11 is 1.82. The highest BCUT2D eigenvalue weighted by Gasteiger charge is 2.15. The first kappa shape index (κ1) is 13.3. The normalized spacial score (nSPS) is 16.2. The van der Waals surface area contributed by atoms with Gasteiger partial charge in [-0.15, -0.1) is 0 Å². The third-order valence-electron chi connectivity index (χ3n) is 2.09. The van der Waals surface area contributed by atoms with Crippen molar-refractivity contribution in [1.82, 2.24) is 0 Å². The molecule has 0 aromatic heterocycles. The molecule has 0 heterocycles. The van der Waals surface area contributed by atoms with E-state index in [1.807, 2.05) is 11.8 Å². The molecule has 0 aromatic carbocycles. The van der Waals surface area contributed by atoms with Crippen LogP contribution in [0, 0.1) is 5.92 Å². The first-order valence-corrected chi connectivity index (χ1v) is 6.40. The molecule has 0 saturated heterocycles. The predicted octanol–water partition coefficient (Wildman–Crippen LogP) is 1.86. The van der Waals surface area contributed by atoms with Gasteiger partial charge in [0.2, 0.25) is 0 Å². The van der Waals surface area contributed by atoms with E-state index in [2.05, 4.69) is 20.1 Å². The third kappa shape index (κ3) is 7.35. The van der Waals surface area contributed by atoms with Crippen molar-refractivity contribution in [2.45, 2.75) is 45.3 Å². The van der Waals surface area contributed by atoms with Crippen molar-refractivity contribution in [1.29, 1.82) is 0 Å². The summed E-state index contributed by atoms with van der Waals surface area (Å²) in [5.41, 5.74) is 5.84. The smallest absolute Gasteiger partial charge is 0.0691 e. The first-order valence-electron chi connectivity index (χ1n) is 5.00. The van der Waals surface area contributed by atoms with E-state index in [1.165, 1.54) is 0 Å². The Balaban J connectivity index is 3.50. The minimum absolute atomic E-state index is 0.0399. The Morgan fingerprint density at radius 1 is 1.38 bits per heavy atom. The molecule has 80 valence electrons. The quantitative estimate of drug-likeness (QED) is 0.624. The number of nitrogens with two attached hydrogens (primary N) is 1. The molecule has 2 nitrogen and oxygen atoms in total. The summed E-state index contributed by atoms with van der Waals surface area (Å²) in [5.74, 6) is 1.69. The Bertz CT molecular complexity index is 119. The van der Waals surface area contributed by atoms with Gasteiger partial charge in [0.1, 0.15) is 0 Å². The summed E-state index contributed by atoms with van der Waals surface area (Å²) in [4.78, 5) is 0. The lowest BCUT2D eigenvalue weighted by molar-refractivity contribution is 0.125. The molecule has 0 radical (unpaired) electrons. The second kappa shape index (κ2) is 7.65. The van der Waals surface area contributed by atoms with Crippen molar-refractivity contribution in [3.05, 3.63) is 0 Å². The van der Waals surface area contributed by atoms with Crippen molar-refractivity contribution >= 4 is 11.8 Å². The van der Waals surface area contributed by atoms with E-state index in [4.69, 9.17) is 5.73 Å². The number of thioether (sulfide) groups is 1. The summed E-state index contributed by atoms with van der Waals surface area (Å²) in [5, 5.41) is 9.66. The standard InChI is InChI=1S/C10H23NOS/c1-8(2)7-9(11)10(12)5-4-6-13-3/h8-10,12H,4-7,11H2,1-3H3. The maximum atomic E-state index is 9.66. The Hall–Kier alpha value is 0.270. The molecule has 0 spiro atoms. The summed E-state index contributed by atoms with van der Waals surface area (Å²) in [6.45, 7) is 4.27. The van der Waals surface area contributed by atoms with Crippen LogP contribution in [0.15, 0.2) is 0 Å². The molecule has 0 amide bonds. The van der Waals surface area contributed by atoms with Gasteiger partial charge in [0.15, 0.2) is 0 Å². The summed E-state index contributed by atoms with van der Waals surface area (Å²) in [7, 11) is 0. The van der Waals surface area contributed by atoms with E-state index in [9.17, 15) is 5.11 Å². The average Bonchev–Trinajstić information content (AvgIpc) is 2.03. The van der Waals surface area contributed by atoms with Gasteiger partial charge in [-0.3, -0.25) is 0 Å². The van der Waals surface area contributed by atoms with Gasteiger partial charge in [0.05, 0.1) is 6.10 Å². The minimum atomic E-state index is -0.311. The van der Waals surface area contributed by atoms with Crippen LogP contribution in [-0.4, -0.2) is 29.3 Å². The molecule has 13 heavy (non-hydrogen) atoms. The van der Waals surface area contributed by atoms with Crippen LogP contribution in [0.4, 0.5) is 0 Å². The SMILES string of the molecule is CSCCCC(O)C(N)CC(C)C. The monoisotopic (exact) mass is 205 g/mol. The van der Waals surface area contributed by atoms with Crippen molar-refractivity contribution < 1.29 is 5.11 Å². The second-order valence-corrected chi connectivity index (χ2v) is 4.98. The highest BCUT2D eigenvalue weighted by Crippen LogP contribution is 2.11. The lowest BCUT2D eigenvalue weighted by atomic mass is 9.98. The Kier molecular flexibility index (Phi) is 7.81. The van der Waals surface area contributed by atoms with Crippen LogP contribution in [-0.2, 0) is 0 Å². The molecule has 2 atom stereocenters. The van der Waals surface area contributed by atoms with Gasteiger partial charge >= 0.3 is 0 Å². The topological polar surface area (TPSA) is 46.2 Å². The lowest BCUT2D eigenvalue weighted by Gasteiger charge is -2.20. The van der Waals surface area contributed by atoms with Crippen LogP contribution in [0.2, 0.25) is 0 Å². The Morgan fingerprint density at radius 3 is 2.46 bits per heavy atom. The molecule has 0 aliphatic rings. The van der Waals surface area contributed by atoms with Crippen LogP contribution in [0.3, 0.4) is 0 Å².